The molecule has 0 aliphatic rings. The number of carbonyl (C=O) groups excluding carboxylic acids is 2. The molecular formula is C9H15BrO4S. The predicted octanol–water partition coefficient (Wildman–Crippen LogP) is -2.86. The van der Waals surface area contributed by atoms with Crippen LogP contribution < -0.4 is 17.0 Å². The highest BCUT2D eigenvalue weighted by molar-refractivity contribution is 7.95. The van der Waals surface area contributed by atoms with E-state index >= 15 is 0 Å². The molecule has 0 aromatic rings. The monoisotopic (exact) mass is 298 g/mol. The molecule has 0 saturated heterocycles. The highest BCUT2D eigenvalue weighted by Gasteiger charge is 2.18. The minimum atomic E-state index is -0.532. The molecule has 0 aliphatic carbocycles. The summed E-state index contributed by atoms with van der Waals surface area (Å²) in [6.45, 7) is 0. The Hall–Kier alpha value is -0.490. The maximum absolute atomic E-state index is 11.2. The molecule has 0 radical (unpaired) electrons. The first-order chi connectivity index (χ1) is 6.51. The van der Waals surface area contributed by atoms with Crippen LogP contribution in [0, 0.1) is 0 Å². The van der Waals surface area contributed by atoms with Gasteiger partial charge in [-0.3, -0.25) is 0 Å². The van der Waals surface area contributed by atoms with E-state index in [-0.39, 0.29) is 27.9 Å². The third-order valence-corrected chi connectivity index (χ3v) is 2.27. The van der Waals surface area contributed by atoms with Crippen LogP contribution >= 0.6 is 0 Å². The van der Waals surface area contributed by atoms with E-state index in [1.807, 2.05) is 12.5 Å². The van der Waals surface area contributed by atoms with Gasteiger partial charge in [0, 0.05) is 6.08 Å². The van der Waals surface area contributed by atoms with Gasteiger partial charge in [0.15, 0.2) is 0 Å². The van der Waals surface area contributed by atoms with Crippen molar-refractivity contribution in [1.29, 1.82) is 0 Å². The van der Waals surface area contributed by atoms with Crippen LogP contribution in [0.15, 0.2) is 11.6 Å². The van der Waals surface area contributed by atoms with Crippen LogP contribution in [0.1, 0.15) is 0 Å². The second-order valence-electron chi connectivity index (χ2n) is 2.81. The smallest absolute Gasteiger partial charge is 0.338 e. The van der Waals surface area contributed by atoms with Gasteiger partial charge in [-0.05, 0) is 10.9 Å². The highest BCUT2D eigenvalue weighted by atomic mass is 79.9. The topological polar surface area (TPSA) is 52.6 Å². The van der Waals surface area contributed by atoms with E-state index in [0.717, 1.165) is 0 Å². The van der Waals surface area contributed by atoms with E-state index in [1.54, 1.807) is 0 Å². The molecule has 0 heterocycles. The molecule has 88 valence electrons. The lowest BCUT2D eigenvalue weighted by Gasteiger charge is -2.02. The van der Waals surface area contributed by atoms with Crippen molar-refractivity contribution < 1.29 is 36.0 Å². The van der Waals surface area contributed by atoms with Crippen molar-refractivity contribution >= 4 is 22.8 Å². The Morgan fingerprint density at radius 3 is 2.07 bits per heavy atom. The van der Waals surface area contributed by atoms with Gasteiger partial charge in [0.2, 0.25) is 0 Å². The Labute approximate surface area is 103 Å². The average Bonchev–Trinajstić information content (AvgIpc) is 2.14. The highest BCUT2D eigenvalue weighted by Crippen LogP contribution is 2.03. The largest absolute Gasteiger partial charge is 1.00 e. The molecule has 0 N–H and O–H groups in total. The molecule has 6 heteroatoms. The summed E-state index contributed by atoms with van der Waals surface area (Å²) >= 11 is 0. The Morgan fingerprint density at radius 2 is 1.73 bits per heavy atom. The molecule has 0 aromatic carbocycles. The standard InChI is InChI=1S/C9H15O4S.BrH/c1-12-8(10)5-7(6-14(3)4)9(11)13-2;/h5H,6H2,1-4H3;1H/q+1;/p-1/b7-5+;. The van der Waals surface area contributed by atoms with E-state index in [0.29, 0.717) is 11.3 Å². The number of carbonyl (C=O) groups is 2. The quantitative estimate of drug-likeness (QED) is 0.318. The molecular weight excluding hydrogens is 284 g/mol. The van der Waals surface area contributed by atoms with Crippen LogP contribution in [0.4, 0.5) is 0 Å². The molecule has 0 bridgehead atoms. The Kier molecular flexibility index (Phi) is 9.92. The van der Waals surface area contributed by atoms with Crippen molar-refractivity contribution in [1.82, 2.24) is 0 Å². The van der Waals surface area contributed by atoms with Gasteiger partial charge in [-0.25, -0.2) is 9.59 Å². The van der Waals surface area contributed by atoms with Crippen LogP contribution in [0.3, 0.4) is 0 Å². The fourth-order valence-corrected chi connectivity index (χ4v) is 1.63. The maximum Gasteiger partial charge on any atom is 0.338 e. The van der Waals surface area contributed by atoms with Crippen molar-refractivity contribution in [3.8, 4) is 0 Å². The van der Waals surface area contributed by atoms with Gasteiger partial charge in [0.05, 0.1) is 32.3 Å². The van der Waals surface area contributed by atoms with E-state index in [1.165, 1.54) is 20.3 Å². The first kappa shape index (κ1) is 16.9. The number of methoxy groups -OCH3 is 2. The van der Waals surface area contributed by atoms with Crippen molar-refractivity contribution in [2.24, 2.45) is 0 Å². The molecule has 0 rings (SSSR count). The van der Waals surface area contributed by atoms with Crippen molar-refractivity contribution in [3.05, 3.63) is 11.6 Å². The van der Waals surface area contributed by atoms with E-state index in [2.05, 4.69) is 9.47 Å². The summed E-state index contributed by atoms with van der Waals surface area (Å²) < 4.78 is 8.98. The number of ether oxygens (including phenoxy) is 2. The van der Waals surface area contributed by atoms with Gasteiger partial charge in [0.25, 0.3) is 0 Å². The second-order valence-corrected chi connectivity index (χ2v) is 5.07. The minimum Gasteiger partial charge on any atom is -1.00 e. The van der Waals surface area contributed by atoms with Gasteiger partial charge in [-0.1, -0.05) is 0 Å². The Bertz CT molecular complexity index is 250. The average molecular weight is 299 g/mol. The zero-order valence-corrected chi connectivity index (χ0v) is 11.6. The maximum atomic E-state index is 11.2. The van der Waals surface area contributed by atoms with Gasteiger partial charge in [-0.2, -0.15) is 0 Å². The van der Waals surface area contributed by atoms with Crippen molar-refractivity contribution in [3.63, 3.8) is 0 Å². The number of hydrogen-bond acceptors (Lipinski definition) is 4. The number of hydrogen-bond donors (Lipinski definition) is 0. The summed E-state index contributed by atoms with van der Waals surface area (Å²) in [7, 11) is 2.59. The van der Waals surface area contributed by atoms with Crippen LogP contribution in [0.25, 0.3) is 0 Å². The summed E-state index contributed by atoms with van der Waals surface area (Å²) in [5.41, 5.74) is 0.354. The summed E-state index contributed by atoms with van der Waals surface area (Å²) in [4.78, 5) is 22.1. The molecule has 4 nitrogen and oxygen atoms in total. The SMILES string of the molecule is COC(=O)/C=C(\C[S+](C)C)C(=O)OC.[Br-]. The first-order valence-electron chi connectivity index (χ1n) is 3.92. The van der Waals surface area contributed by atoms with Gasteiger partial charge < -0.3 is 26.5 Å². The summed E-state index contributed by atoms with van der Waals surface area (Å²) in [6, 6.07) is 0. The first-order valence-corrected chi connectivity index (χ1v) is 6.13. The zero-order valence-electron chi connectivity index (χ0n) is 9.20. The molecule has 0 aromatic heterocycles. The van der Waals surface area contributed by atoms with E-state index in [9.17, 15) is 9.59 Å². The fourth-order valence-electron chi connectivity index (χ4n) is 0.803. The predicted molar refractivity (Wildman–Crippen MR) is 56.2 cm³/mol. The minimum absolute atomic E-state index is 0. The van der Waals surface area contributed by atoms with Crippen LogP contribution in [-0.2, 0) is 30.0 Å². The molecule has 0 spiro atoms. The van der Waals surface area contributed by atoms with Crippen LogP contribution in [0.2, 0.25) is 0 Å². The normalized spacial score (nSPS) is 10.6. The van der Waals surface area contributed by atoms with Gasteiger partial charge >= 0.3 is 11.9 Å². The molecule has 0 fully saturated rings. The number of esters is 2. The lowest BCUT2D eigenvalue weighted by atomic mass is 10.3. The molecule has 15 heavy (non-hydrogen) atoms. The number of rotatable bonds is 4. The van der Waals surface area contributed by atoms with Crippen molar-refractivity contribution in [2.45, 2.75) is 0 Å². The third-order valence-electron chi connectivity index (χ3n) is 1.39. The third kappa shape index (κ3) is 7.44. The second kappa shape index (κ2) is 8.79. The molecule has 0 atom stereocenters. The molecule has 0 unspecified atom stereocenters. The van der Waals surface area contributed by atoms with E-state index in [4.69, 9.17) is 0 Å². The molecule has 0 amide bonds. The summed E-state index contributed by atoms with van der Waals surface area (Å²) in [6.07, 6.45) is 5.14. The lowest BCUT2D eigenvalue weighted by molar-refractivity contribution is -0.138. The number of halogens is 1. The molecule has 0 saturated carbocycles. The van der Waals surface area contributed by atoms with Gasteiger partial charge in [0.1, 0.15) is 5.75 Å². The van der Waals surface area contributed by atoms with Gasteiger partial charge in [-0.15, -0.1) is 0 Å². The lowest BCUT2D eigenvalue weighted by Crippen LogP contribution is -3.00. The van der Waals surface area contributed by atoms with Crippen LogP contribution in [0.5, 0.6) is 0 Å². The van der Waals surface area contributed by atoms with Crippen LogP contribution in [-0.4, -0.2) is 44.4 Å². The Morgan fingerprint density at radius 1 is 1.20 bits per heavy atom. The van der Waals surface area contributed by atoms with E-state index < -0.39 is 11.9 Å². The molecule has 0 aliphatic heterocycles. The van der Waals surface area contributed by atoms with Crippen molar-refractivity contribution in [2.75, 3.05) is 32.5 Å². The summed E-state index contributed by atoms with van der Waals surface area (Å²) in [5.74, 6) is -0.477. The summed E-state index contributed by atoms with van der Waals surface area (Å²) in [5, 5.41) is 0. The fraction of sp³-hybridized carbons (Fsp3) is 0.556. The zero-order chi connectivity index (χ0) is 11.1. The Balaban J connectivity index is 0.